The Balaban J connectivity index is 1.96. The van der Waals surface area contributed by atoms with E-state index in [0.29, 0.717) is 16.8 Å². The molecule has 0 saturated heterocycles. The van der Waals surface area contributed by atoms with E-state index in [1.165, 1.54) is 36.4 Å². The van der Waals surface area contributed by atoms with Crippen molar-refractivity contribution in [2.45, 2.75) is 0 Å². The lowest BCUT2D eigenvalue weighted by molar-refractivity contribution is -0.384. The van der Waals surface area contributed by atoms with Crippen molar-refractivity contribution in [3.8, 4) is 5.75 Å². The molecule has 1 aliphatic rings. The standard InChI is InChI=1S/C16H10N2O5/c19-13-7-1-10(2-8-13)9-14-15(17-23-16(14)20)11-3-5-12(6-4-11)18(21)22/h1-9,19H/b14-9+. The quantitative estimate of drug-likeness (QED) is 0.406. The Hall–Kier alpha value is -3.48. The lowest BCUT2D eigenvalue weighted by atomic mass is 10.0. The van der Waals surface area contributed by atoms with E-state index >= 15 is 0 Å². The summed E-state index contributed by atoms with van der Waals surface area (Å²) < 4.78 is 0. The van der Waals surface area contributed by atoms with Gasteiger partial charge in [0.15, 0.2) is 0 Å². The maximum absolute atomic E-state index is 11.8. The number of phenolic OH excluding ortho intramolecular Hbond substituents is 1. The lowest BCUT2D eigenvalue weighted by Crippen LogP contribution is -2.06. The van der Waals surface area contributed by atoms with Crippen molar-refractivity contribution in [1.29, 1.82) is 0 Å². The monoisotopic (exact) mass is 310 g/mol. The third-order valence-electron chi connectivity index (χ3n) is 3.25. The molecule has 0 amide bonds. The van der Waals surface area contributed by atoms with Crippen molar-refractivity contribution in [1.82, 2.24) is 0 Å². The zero-order chi connectivity index (χ0) is 16.4. The zero-order valence-corrected chi connectivity index (χ0v) is 11.7. The minimum Gasteiger partial charge on any atom is -0.508 e. The van der Waals surface area contributed by atoms with Crippen LogP contribution in [0.3, 0.4) is 0 Å². The number of hydrogen-bond acceptors (Lipinski definition) is 6. The van der Waals surface area contributed by atoms with Crippen LogP contribution in [0.2, 0.25) is 0 Å². The van der Waals surface area contributed by atoms with Gasteiger partial charge < -0.3 is 9.94 Å². The van der Waals surface area contributed by atoms with Gasteiger partial charge in [0.1, 0.15) is 11.5 Å². The van der Waals surface area contributed by atoms with Crippen LogP contribution in [0.15, 0.2) is 59.3 Å². The van der Waals surface area contributed by atoms with Gasteiger partial charge in [-0.1, -0.05) is 17.3 Å². The van der Waals surface area contributed by atoms with Gasteiger partial charge in [-0.25, -0.2) is 4.79 Å². The number of nitrogens with zero attached hydrogens (tertiary/aromatic N) is 2. The average molecular weight is 310 g/mol. The molecule has 3 rings (SSSR count). The maximum atomic E-state index is 11.8. The van der Waals surface area contributed by atoms with Gasteiger partial charge in [-0.15, -0.1) is 0 Å². The van der Waals surface area contributed by atoms with E-state index in [2.05, 4.69) is 5.16 Å². The summed E-state index contributed by atoms with van der Waals surface area (Å²) in [5.41, 5.74) is 1.71. The predicted octanol–water partition coefficient (Wildman–Crippen LogP) is 2.64. The van der Waals surface area contributed by atoms with Crippen molar-refractivity contribution in [3.05, 3.63) is 75.3 Å². The molecule has 0 atom stereocenters. The van der Waals surface area contributed by atoms with Gasteiger partial charge in [0.25, 0.3) is 5.69 Å². The summed E-state index contributed by atoms with van der Waals surface area (Å²) in [5, 5.41) is 23.7. The van der Waals surface area contributed by atoms with Crippen molar-refractivity contribution in [3.63, 3.8) is 0 Å². The molecule has 0 aromatic heterocycles. The van der Waals surface area contributed by atoms with Crippen LogP contribution in [0.5, 0.6) is 5.75 Å². The van der Waals surface area contributed by atoms with Crippen molar-refractivity contribution in [2.75, 3.05) is 0 Å². The highest BCUT2D eigenvalue weighted by atomic mass is 16.7. The molecule has 7 nitrogen and oxygen atoms in total. The molecule has 7 heteroatoms. The molecule has 2 aromatic rings. The molecule has 114 valence electrons. The first-order valence-electron chi connectivity index (χ1n) is 6.60. The predicted molar refractivity (Wildman–Crippen MR) is 81.8 cm³/mol. The lowest BCUT2D eigenvalue weighted by Gasteiger charge is -2.01. The van der Waals surface area contributed by atoms with Crippen LogP contribution in [0, 0.1) is 10.1 Å². The first-order chi connectivity index (χ1) is 11.0. The minimum atomic E-state index is -0.605. The number of carbonyl (C=O) groups excluding carboxylic acids is 1. The normalized spacial score (nSPS) is 15.4. The van der Waals surface area contributed by atoms with Crippen LogP contribution in [0.25, 0.3) is 6.08 Å². The first-order valence-corrected chi connectivity index (χ1v) is 6.60. The molecule has 1 aliphatic heterocycles. The summed E-state index contributed by atoms with van der Waals surface area (Å²) in [6, 6.07) is 11.9. The van der Waals surface area contributed by atoms with Crippen LogP contribution < -0.4 is 0 Å². The van der Waals surface area contributed by atoms with Gasteiger partial charge in [0, 0.05) is 17.7 Å². The highest BCUT2D eigenvalue weighted by Crippen LogP contribution is 2.23. The summed E-state index contributed by atoms with van der Waals surface area (Å²) in [6.07, 6.45) is 1.58. The number of nitro benzene ring substituents is 1. The fourth-order valence-corrected chi connectivity index (χ4v) is 2.10. The van der Waals surface area contributed by atoms with Crippen LogP contribution in [-0.2, 0) is 9.63 Å². The van der Waals surface area contributed by atoms with Gasteiger partial charge in [-0.2, -0.15) is 0 Å². The van der Waals surface area contributed by atoms with Crippen LogP contribution in [-0.4, -0.2) is 21.7 Å². The van der Waals surface area contributed by atoms with E-state index in [9.17, 15) is 20.0 Å². The molecular formula is C16H10N2O5. The second-order valence-electron chi connectivity index (χ2n) is 4.77. The average Bonchev–Trinajstić information content (AvgIpc) is 2.91. The largest absolute Gasteiger partial charge is 0.508 e. The number of phenols is 1. The van der Waals surface area contributed by atoms with Crippen molar-refractivity contribution in [2.24, 2.45) is 5.16 Å². The molecule has 0 unspecified atom stereocenters. The molecular weight excluding hydrogens is 300 g/mol. The van der Waals surface area contributed by atoms with E-state index in [-0.39, 0.29) is 17.0 Å². The SMILES string of the molecule is O=C1ON=C(c2ccc([N+](=O)[O-])cc2)/C1=C\c1ccc(O)cc1. The fraction of sp³-hybridized carbons (Fsp3) is 0. The Bertz CT molecular complexity index is 836. The van der Waals surface area contributed by atoms with E-state index in [1.54, 1.807) is 18.2 Å². The summed E-state index contributed by atoms with van der Waals surface area (Å²) in [4.78, 5) is 26.7. The molecule has 2 aromatic carbocycles. The van der Waals surface area contributed by atoms with Gasteiger partial charge >= 0.3 is 5.97 Å². The zero-order valence-electron chi connectivity index (χ0n) is 11.7. The fourth-order valence-electron chi connectivity index (χ4n) is 2.10. The van der Waals surface area contributed by atoms with Crippen molar-refractivity contribution < 1.29 is 19.7 Å². The molecule has 1 N–H and O–H groups in total. The summed E-state index contributed by atoms with van der Waals surface area (Å²) in [6.45, 7) is 0. The van der Waals surface area contributed by atoms with Crippen LogP contribution >= 0.6 is 0 Å². The van der Waals surface area contributed by atoms with E-state index < -0.39 is 10.9 Å². The molecule has 1 heterocycles. The maximum Gasteiger partial charge on any atom is 0.368 e. The third kappa shape index (κ3) is 2.93. The Kier molecular flexibility index (Phi) is 3.60. The number of oxime groups is 1. The number of carbonyl (C=O) groups is 1. The summed E-state index contributed by atoms with van der Waals surface area (Å²) in [7, 11) is 0. The van der Waals surface area contributed by atoms with Gasteiger partial charge in [-0.3, -0.25) is 10.1 Å². The minimum absolute atomic E-state index is 0.0522. The third-order valence-corrected chi connectivity index (χ3v) is 3.25. The number of nitro groups is 1. The number of hydrogen-bond donors (Lipinski definition) is 1. The molecule has 23 heavy (non-hydrogen) atoms. The van der Waals surface area contributed by atoms with Gasteiger partial charge in [-0.05, 0) is 35.9 Å². The van der Waals surface area contributed by atoms with Gasteiger partial charge in [0.2, 0.25) is 0 Å². The van der Waals surface area contributed by atoms with Gasteiger partial charge in [0.05, 0.1) is 10.5 Å². The number of aromatic hydroxyl groups is 1. The Labute approximate surface area is 130 Å². The first kappa shape index (κ1) is 14.5. The molecule has 0 spiro atoms. The summed E-state index contributed by atoms with van der Waals surface area (Å²) in [5.74, 6) is -0.489. The van der Waals surface area contributed by atoms with E-state index in [1.807, 2.05) is 0 Å². The number of benzene rings is 2. The molecule has 0 saturated carbocycles. The number of rotatable bonds is 3. The highest BCUT2D eigenvalue weighted by Gasteiger charge is 2.27. The summed E-state index contributed by atoms with van der Waals surface area (Å²) >= 11 is 0. The number of non-ortho nitro benzene ring substituents is 1. The van der Waals surface area contributed by atoms with E-state index in [4.69, 9.17) is 4.84 Å². The molecule has 0 aliphatic carbocycles. The van der Waals surface area contributed by atoms with E-state index in [0.717, 1.165) is 0 Å². The van der Waals surface area contributed by atoms with Crippen molar-refractivity contribution >= 4 is 23.4 Å². The van der Waals surface area contributed by atoms with Crippen LogP contribution in [0.1, 0.15) is 11.1 Å². The Morgan fingerprint density at radius 3 is 2.35 bits per heavy atom. The molecule has 0 bridgehead atoms. The Morgan fingerprint density at radius 1 is 1.09 bits per heavy atom. The molecule has 0 fully saturated rings. The smallest absolute Gasteiger partial charge is 0.368 e. The Morgan fingerprint density at radius 2 is 1.74 bits per heavy atom. The van der Waals surface area contributed by atoms with Crippen LogP contribution in [0.4, 0.5) is 5.69 Å². The molecule has 0 radical (unpaired) electrons. The second-order valence-corrected chi connectivity index (χ2v) is 4.77. The highest BCUT2D eigenvalue weighted by molar-refractivity contribution is 6.31. The second kappa shape index (κ2) is 5.72. The topological polar surface area (TPSA) is 102 Å².